The molecule has 0 amide bonds. The van der Waals surface area contributed by atoms with Gasteiger partial charge in [0.15, 0.2) is 0 Å². The highest BCUT2D eigenvalue weighted by molar-refractivity contribution is 7.77. The van der Waals surface area contributed by atoms with E-state index in [1.807, 2.05) is 5.01 Å². The molecule has 4 nitrogen and oxygen atoms in total. The summed E-state index contributed by atoms with van der Waals surface area (Å²) < 4.78 is 19.1. The van der Waals surface area contributed by atoms with Gasteiger partial charge in [-0.1, -0.05) is 26.7 Å². The van der Waals surface area contributed by atoms with Crippen molar-refractivity contribution >= 4 is 11.3 Å². The fourth-order valence-electron chi connectivity index (χ4n) is 1.01. The summed E-state index contributed by atoms with van der Waals surface area (Å²) in [5.41, 5.74) is 0. The van der Waals surface area contributed by atoms with Gasteiger partial charge in [-0.15, -0.1) is 4.83 Å². The van der Waals surface area contributed by atoms with E-state index in [0.29, 0.717) is 0 Å². The topological polar surface area (TPSA) is 52.6 Å². The zero-order chi connectivity index (χ0) is 10.1. The Balaban J connectivity index is 3.66. The fourth-order valence-corrected chi connectivity index (χ4v) is 1.41. The van der Waals surface area contributed by atoms with Gasteiger partial charge in [0.2, 0.25) is 11.3 Å². The van der Waals surface area contributed by atoms with E-state index in [2.05, 4.69) is 18.7 Å². The minimum Gasteiger partial charge on any atom is -0.293 e. The minimum atomic E-state index is -1.93. The molecule has 0 aliphatic carbocycles. The lowest BCUT2D eigenvalue weighted by Crippen LogP contribution is -2.40. The van der Waals surface area contributed by atoms with Crippen LogP contribution in [-0.2, 0) is 11.3 Å². The van der Waals surface area contributed by atoms with E-state index in [1.54, 1.807) is 0 Å². The van der Waals surface area contributed by atoms with E-state index in [1.165, 1.54) is 0 Å². The van der Waals surface area contributed by atoms with Crippen LogP contribution >= 0.6 is 0 Å². The molecular weight excluding hydrogens is 188 g/mol. The summed E-state index contributed by atoms with van der Waals surface area (Å²) in [5.74, 6) is 0. The third-order valence-electron chi connectivity index (χ3n) is 1.77. The lowest BCUT2D eigenvalue weighted by molar-refractivity contribution is 0.231. The summed E-state index contributed by atoms with van der Waals surface area (Å²) in [6.07, 6.45) is 4.30. The highest BCUT2D eigenvalue weighted by Crippen LogP contribution is 1.96. The molecule has 0 aromatic heterocycles. The van der Waals surface area contributed by atoms with Gasteiger partial charge >= 0.3 is 0 Å². The summed E-state index contributed by atoms with van der Waals surface area (Å²) in [6, 6.07) is 0. The molecule has 0 spiro atoms. The molecule has 5 heteroatoms. The van der Waals surface area contributed by atoms with Crippen molar-refractivity contribution in [3.8, 4) is 0 Å². The molecule has 0 aromatic carbocycles. The minimum absolute atomic E-state index is 0.836. The SMILES string of the molecule is CCCCN(CCCC)NS(=O)O. The van der Waals surface area contributed by atoms with Gasteiger partial charge < -0.3 is 0 Å². The van der Waals surface area contributed by atoms with Gasteiger partial charge in [0, 0.05) is 13.1 Å². The van der Waals surface area contributed by atoms with Gasteiger partial charge in [-0.3, -0.25) is 4.55 Å². The molecule has 13 heavy (non-hydrogen) atoms. The average molecular weight is 208 g/mol. The van der Waals surface area contributed by atoms with Crippen molar-refractivity contribution in [2.75, 3.05) is 13.1 Å². The van der Waals surface area contributed by atoms with Crippen LogP contribution in [0, 0.1) is 0 Å². The number of hydrogen-bond donors (Lipinski definition) is 2. The van der Waals surface area contributed by atoms with E-state index in [0.717, 1.165) is 38.8 Å². The van der Waals surface area contributed by atoms with Crippen LogP contribution in [0.4, 0.5) is 0 Å². The zero-order valence-corrected chi connectivity index (χ0v) is 9.27. The Bertz CT molecular complexity index is 136. The van der Waals surface area contributed by atoms with Crippen LogP contribution in [0.1, 0.15) is 39.5 Å². The first-order chi connectivity index (χ1) is 6.20. The molecule has 0 aliphatic rings. The van der Waals surface area contributed by atoms with Gasteiger partial charge in [-0.2, -0.15) is 0 Å². The van der Waals surface area contributed by atoms with E-state index in [9.17, 15) is 4.21 Å². The number of nitrogens with one attached hydrogen (secondary N) is 1. The zero-order valence-electron chi connectivity index (χ0n) is 8.45. The quantitative estimate of drug-likeness (QED) is 0.470. The number of rotatable bonds is 8. The van der Waals surface area contributed by atoms with Crippen LogP contribution in [0.15, 0.2) is 0 Å². The summed E-state index contributed by atoms with van der Waals surface area (Å²) in [5, 5.41) is 1.82. The smallest absolute Gasteiger partial charge is 0.246 e. The lowest BCUT2D eigenvalue weighted by atomic mass is 10.3. The Morgan fingerprint density at radius 3 is 2.00 bits per heavy atom. The Morgan fingerprint density at radius 2 is 1.69 bits per heavy atom. The predicted octanol–water partition coefficient (Wildman–Crippen LogP) is 1.53. The van der Waals surface area contributed by atoms with E-state index in [4.69, 9.17) is 4.55 Å². The van der Waals surface area contributed by atoms with E-state index in [-0.39, 0.29) is 0 Å². The molecule has 0 fully saturated rings. The second-order valence-electron chi connectivity index (χ2n) is 3.03. The fraction of sp³-hybridized carbons (Fsp3) is 1.00. The predicted molar refractivity (Wildman–Crippen MR) is 55.3 cm³/mol. The van der Waals surface area contributed by atoms with Crippen LogP contribution in [0.25, 0.3) is 0 Å². The van der Waals surface area contributed by atoms with Gasteiger partial charge in [0.05, 0.1) is 0 Å². The molecule has 0 radical (unpaired) electrons. The molecule has 80 valence electrons. The highest BCUT2D eigenvalue weighted by Gasteiger charge is 2.04. The van der Waals surface area contributed by atoms with E-state index < -0.39 is 11.3 Å². The molecule has 0 rings (SSSR count). The van der Waals surface area contributed by atoms with Gasteiger partial charge in [-0.05, 0) is 12.8 Å². The van der Waals surface area contributed by atoms with Gasteiger partial charge in [0.25, 0.3) is 0 Å². The maximum atomic E-state index is 10.5. The lowest BCUT2D eigenvalue weighted by Gasteiger charge is -2.20. The summed E-state index contributed by atoms with van der Waals surface area (Å²) in [7, 11) is 0. The van der Waals surface area contributed by atoms with Crippen molar-refractivity contribution in [2.24, 2.45) is 0 Å². The Hall–Kier alpha value is 0.0300. The number of hydrogen-bond acceptors (Lipinski definition) is 2. The van der Waals surface area contributed by atoms with Crippen molar-refractivity contribution in [3.63, 3.8) is 0 Å². The summed E-state index contributed by atoms with van der Waals surface area (Å²) >= 11 is -1.93. The van der Waals surface area contributed by atoms with Crippen LogP contribution in [0.5, 0.6) is 0 Å². The Labute approximate surface area is 83.1 Å². The maximum Gasteiger partial charge on any atom is 0.246 e. The molecule has 1 unspecified atom stereocenters. The van der Waals surface area contributed by atoms with Crippen molar-refractivity contribution < 1.29 is 8.76 Å². The molecule has 0 aliphatic heterocycles. The number of hydrazine groups is 1. The van der Waals surface area contributed by atoms with Crippen LogP contribution in [-0.4, -0.2) is 26.9 Å². The second kappa shape index (κ2) is 8.62. The maximum absolute atomic E-state index is 10.5. The van der Waals surface area contributed by atoms with E-state index >= 15 is 0 Å². The molecular formula is C8H20N2O2S. The molecule has 0 aromatic rings. The third kappa shape index (κ3) is 8.36. The monoisotopic (exact) mass is 208 g/mol. The average Bonchev–Trinajstić information content (AvgIpc) is 2.09. The summed E-state index contributed by atoms with van der Waals surface area (Å²) in [6.45, 7) is 5.88. The largest absolute Gasteiger partial charge is 0.293 e. The van der Waals surface area contributed by atoms with Crippen molar-refractivity contribution in [1.29, 1.82) is 0 Å². The first-order valence-electron chi connectivity index (χ1n) is 4.82. The molecule has 0 bridgehead atoms. The first-order valence-corrected chi connectivity index (χ1v) is 5.93. The standard InChI is InChI=1S/C8H20N2O2S/c1-3-5-7-10(8-6-4-2)9-13(11)12/h9H,3-8H2,1-2H3,(H,11,12). The van der Waals surface area contributed by atoms with Gasteiger partial charge in [0.1, 0.15) is 0 Å². The third-order valence-corrected chi connectivity index (χ3v) is 2.18. The van der Waals surface area contributed by atoms with Crippen LogP contribution in [0.3, 0.4) is 0 Å². The van der Waals surface area contributed by atoms with Crippen molar-refractivity contribution in [1.82, 2.24) is 9.84 Å². The molecule has 1 atom stereocenters. The Kier molecular flexibility index (Phi) is 8.64. The second-order valence-corrected chi connectivity index (χ2v) is 3.72. The molecule has 0 saturated carbocycles. The summed E-state index contributed by atoms with van der Waals surface area (Å²) in [4.78, 5) is 2.51. The molecule has 2 N–H and O–H groups in total. The molecule has 0 saturated heterocycles. The Morgan fingerprint density at radius 1 is 1.23 bits per heavy atom. The number of unbranched alkanes of at least 4 members (excludes halogenated alkanes) is 2. The van der Waals surface area contributed by atoms with Crippen molar-refractivity contribution in [3.05, 3.63) is 0 Å². The normalized spacial score (nSPS) is 13.5. The highest BCUT2D eigenvalue weighted by atomic mass is 32.2. The van der Waals surface area contributed by atoms with Crippen LogP contribution < -0.4 is 4.83 Å². The first kappa shape index (κ1) is 13.0. The van der Waals surface area contributed by atoms with Crippen LogP contribution in [0.2, 0.25) is 0 Å². The van der Waals surface area contributed by atoms with Crippen molar-refractivity contribution in [2.45, 2.75) is 39.5 Å². The van der Waals surface area contributed by atoms with Gasteiger partial charge in [-0.25, -0.2) is 9.22 Å². The number of nitrogens with zero attached hydrogens (tertiary/aromatic N) is 1. The molecule has 0 heterocycles.